The predicted octanol–water partition coefficient (Wildman–Crippen LogP) is 3.47. The van der Waals surface area contributed by atoms with Gasteiger partial charge in [-0.1, -0.05) is 29.3 Å². The highest BCUT2D eigenvalue weighted by atomic mass is 35.5. The summed E-state index contributed by atoms with van der Waals surface area (Å²) in [5.74, 6) is -1.49. The van der Waals surface area contributed by atoms with Crippen molar-refractivity contribution < 1.29 is 14.7 Å². The lowest BCUT2D eigenvalue weighted by atomic mass is 10.1. The maximum atomic E-state index is 12.1. The molecule has 0 aliphatic carbocycles. The molecule has 0 aromatic heterocycles. The quantitative estimate of drug-likeness (QED) is 0.740. The molecule has 0 heterocycles. The number of amides is 1. The van der Waals surface area contributed by atoms with Gasteiger partial charge in [-0.25, -0.2) is 4.79 Å². The molecule has 5 nitrogen and oxygen atoms in total. The van der Waals surface area contributed by atoms with Gasteiger partial charge >= 0.3 is 5.97 Å². The van der Waals surface area contributed by atoms with E-state index in [1.807, 2.05) is 13.0 Å². The van der Waals surface area contributed by atoms with Crippen LogP contribution in [-0.2, 0) is 0 Å². The molecule has 0 saturated carbocycles. The summed E-state index contributed by atoms with van der Waals surface area (Å²) < 4.78 is 0. The second-order valence-electron chi connectivity index (χ2n) is 4.78. The largest absolute Gasteiger partial charge is 0.478 e. The summed E-state index contributed by atoms with van der Waals surface area (Å²) in [4.78, 5) is 23.1. The molecule has 0 saturated heterocycles. The average Bonchev–Trinajstić information content (AvgIpc) is 2.48. The van der Waals surface area contributed by atoms with Crippen LogP contribution in [0.1, 0.15) is 26.3 Å². The van der Waals surface area contributed by atoms with E-state index in [0.29, 0.717) is 11.3 Å². The van der Waals surface area contributed by atoms with Gasteiger partial charge in [0, 0.05) is 11.3 Å². The Kier molecular flexibility index (Phi) is 5.31. The van der Waals surface area contributed by atoms with E-state index in [0.717, 1.165) is 5.56 Å². The fraction of sp³-hybridized carbons (Fsp3) is 0.0625. The number of rotatable bonds is 3. The average molecular weight is 349 g/mol. The molecule has 0 atom stereocenters. The molecule has 0 aliphatic heterocycles. The summed E-state index contributed by atoms with van der Waals surface area (Å²) in [5, 5.41) is 14.5. The number of carbonyl (C=O) groups is 2. The van der Waals surface area contributed by atoms with Crippen molar-refractivity contribution in [2.45, 2.75) is 6.92 Å². The number of carboxylic acid groups (broad SMARTS) is 1. The van der Waals surface area contributed by atoms with E-state index in [1.54, 1.807) is 24.3 Å². The molecule has 0 unspecified atom stereocenters. The third kappa shape index (κ3) is 4.51. The molecule has 1 amide bonds. The molecule has 0 spiro atoms. The normalized spacial score (nSPS) is 10.0. The number of aryl methyl sites for hydroxylation is 1. The smallest absolute Gasteiger partial charge is 0.337 e. The monoisotopic (exact) mass is 348 g/mol. The van der Waals surface area contributed by atoms with Crippen molar-refractivity contribution in [2.24, 2.45) is 0 Å². The fourth-order valence-corrected chi connectivity index (χ4v) is 2.30. The molecule has 2 rings (SSSR count). The van der Waals surface area contributed by atoms with Gasteiger partial charge in [0.05, 0.1) is 10.6 Å². The second-order valence-corrected chi connectivity index (χ2v) is 5.59. The number of hydrogen-bond donors (Lipinski definition) is 3. The topological polar surface area (TPSA) is 78.4 Å². The first kappa shape index (κ1) is 16.9. The molecule has 23 heavy (non-hydrogen) atoms. The SMILES string of the molecule is Cc1cccc(C(=O)NC(=S)Nc2ccc(Cl)c(C(=O)O)c2)c1. The van der Waals surface area contributed by atoms with Crippen LogP contribution >= 0.6 is 23.8 Å². The van der Waals surface area contributed by atoms with Crippen molar-refractivity contribution in [1.82, 2.24) is 5.32 Å². The summed E-state index contributed by atoms with van der Waals surface area (Å²) in [5.41, 5.74) is 1.81. The summed E-state index contributed by atoms with van der Waals surface area (Å²) in [6.45, 7) is 1.88. The van der Waals surface area contributed by atoms with Crippen molar-refractivity contribution in [1.29, 1.82) is 0 Å². The van der Waals surface area contributed by atoms with E-state index in [-0.39, 0.29) is 21.6 Å². The molecular formula is C16H13ClN2O3S. The number of thiocarbonyl (C=S) groups is 1. The standard InChI is InChI=1S/C16H13ClN2O3S/c1-9-3-2-4-10(7-9)14(20)19-16(23)18-11-5-6-13(17)12(8-11)15(21)22/h2-8H,1H3,(H,21,22)(H2,18,19,20,23). The highest BCUT2D eigenvalue weighted by Crippen LogP contribution is 2.20. The number of hydrogen-bond acceptors (Lipinski definition) is 3. The van der Waals surface area contributed by atoms with Crippen LogP contribution < -0.4 is 10.6 Å². The van der Waals surface area contributed by atoms with Crippen LogP contribution in [0.2, 0.25) is 5.02 Å². The van der Waals surface area contributed by atoms with Gasteiger partial charge in [0.2, 0.25) is 0 Å². The third-order valence-corrected chi connectivity index (χ3v) is 3.50. The van der Waals surface area contributed by atoms with Crippen molar-refractivity contribution >= 4 is 46.5 Å². The van der Waals surface area contributed by atoms with E-state index in [2.05, 4.69) is 10.6 Å². The van der Waals surface area contributed by atoms with Crippen molar-refractivity contribution in [3.63, 3.8) is 0 Å². The summed E-state index contributed by atoms with van der Waals surface area (Å²) in [6.07, 6.45) is 0. The van der Waals surface area contributed by atoms with Gasteiger partial charge in [0.1, 0.15) is 0 Å². The van der Waals surface area contributed by atoms with Gasteiger partial charge in [-0.05, 0) is 49.5 Å². The van der Waals surface area contributed by atoms with Crippen LogP contribution in [0.3, 0.4) is 0 Å². The minimum atomic E-state index is -1.15. The van der Waals surface area contributed by atoms with Crippen molar-refractivity contribution in [2.75, 3.05) is 5.32 Å². The Balaban J connectivity index is 2.06. The molecule has 2 aromatic carbocycles. The number of benzene rings is 2. The van der Waals surface area contributed by atoms with Gasteiger partial charge in [-0.15, -0.1) is 0 Å². The molecule has 2 aromatic rings. The lowest BCUT2D eigenvalue weighted by Gasteiger charge is -2.11. The summed E-state index contributed by atoms with van der Waals surface area (Å²) in [7, 11) is 0. The first-order valence-electron chi connectivity index (χ1n) is 6.58. The second kappa shape index (κ2) is 7.21. The minimum absolute atomic E-state index is 0.0514. The Morgan fingerprint density at radius 3 is 2.57 bits per heavy atom. The molecule has 3 N–H and O–H groups in total. The van der Waals surface area contributed by atoms with E-state index < -0.39 is 5.97 Å². The van der Waals surface area contributed by atoms with Gasteiger partial charge in [0.25, 0.3) is 5.91 Å². The lowest BCUT2D eigenvalue weighted by Crippen LogP contribution is -2.34. The number of carbonyl (C=O) groups excluding carboxylic acids is 1. The zero-order valence-corrected chi connectivity index (χ0v) is 13.7. The van der Waals surface area contributed by atoms with Gasteiger partial charge in [-0.2, -0.15) is 0 Å². The number of halogens is 1. The van der Waals surface area contributed by atoms with Gasteiger partial charge in [-0.3, -0.25) is 10.1 Å². The summed E-state index contributed by atoms with van der Waals surface area (Å²) >= 11 is 10.9. The molecular weight excluding hydrogens is 336 g/mol. The van der Waals surface area contributed by atoms with Crippen LogP contribution in [-0.4, -0.2) is 22.1 Å². The Bertz CT molecular complexity index is 793. The van der Waals surface area contributed by atoms with Crippen LogP contribution in [0.25, 0.3) is 0 Å². The highest BCUT2D eigenvalue weighted by molar-refractivity contribution is 7.80. The third-order valence-electron chi connectivity index (χ3n) is 2.96. The molecule has 0 radical (unpaired) electrons. The maximum absolute atomic E-state index is 12.1. The maximum Gasteiger partial charge on any atom is 0.337 e. The minimum Gasteiger partial charge on any atom is -0.478 e. The van der Waals surface area contributed by atoms with Crippen LogP contribution in [0.5, 0.6) is 0 Å². The Hall–Kier alpha value is -2.44. The zero-order chi connectivity index (χ0) is 17.0. The Labute approximate surface area is 143 Å². The summed E-state index contributed by atoms with van der Waals surface area (Å²) in [6, 6.07) is 11.4. The van der Waals surface area contributed by atoms with Gasteiger partial charge in [0.15, 0.2) is 5.11 Å². The molecule has 0 fully saturated rings. The number of anilines is 1. The molecule has 7 heteroatoms. The fourth-order valence-electron chi connectivity index (χ4n) is 1.89. The number of nitrogens with one attached hydrogen (secondary N) is 2. The van der Waals surface area contributed by atoms with Crippen molar-refractivity contribution in [3.05, 3.63) is 64.2 Å². The van der Waals surface area contributed by atoms with Crippen LogP contribution in [0.4, 0.5) is 5.69 Å². The molecule has 118 valence electrons. The number of aromatic carboxylic acids is 1. The van der Waals surface area contributed by atoms with E-state index in [9.17, 15) is 9.59 Å². The highest BCUT2D eigenvalue weighted by Gasteiger charge is 2.11. The first-order valence-corrected chi connectivity index (χ1v) is 7.37. The number of carboxylic acids is 1. The molecule has 0 bridgehead atoms. The van der Waals surface area contributed by atoms with E-state index in [4.69, 9.17) is 28.9 Å². The first-order chi connectivity index (χ1) is 10.9. The Morgan fingerprint density at radius 2 is 1.91 bits per heavy atom. The van der Waals surface area contributed by atoms with Crippen LogP contribution in [0, 0.1) is 6.92 Å². The van der Waals surface area contributed by atoms with Gasteiger partial charge < -0.3 is 10.4 Å². The van der Waals surface area contributed by atoms with Crippen molar-refractivity contribution in [3.8, 4) is 0 Å². The van der Waals surface area contributed by atoms with Crippen LogP contribution in [0.15, 0.2) is 42.5 Å². The van der Waals surface area contributed by atoms with E-state index >= 15 is 0 Å². The predicted molar refractivity (Wildman–Crippen MR) is 93.3 cm³/mol. The Morgan fingerprint density at radius 1 is 1.17 bits per heavy atom. The lowest BCUT2D eigenvalue weighted by molar-refractivity contribution is 0.0697. The zero-order valence-electron chi connectivity index (χ0n) is 12.1. The molecule has 0 aliphatic rings. The van der Waals surface area contributed by atoms with E-state index in [1.165, 1.54) is 12.1 Å².